The number of aryl methyl sites for hydroxylation is 1. The Morgan fingerprint density at radius 1 is 1.05 bits per heavy atom. The number of rotatable bonds is 8. The number of benzene rings is 3. The van der Waals surface area contributed by atoms with Crippen LogP contribution in [0.3, 0.4) is 0 Å². The van der Waals surface area contributed by atoms with Gasteiger partial charge in [0.25, 0.3) is 0 Å². The Balaban J connectivity index is 1.25. The number of carbonyl (C=O) groups is 1. The molecule has 1 aliphatic heterocycles. The van der Waals surface area contributed by atoms with Crippen LogP contribution in [0.25, 0.3) is 10.9 Å². The molecule has 1 N–H and O–H groups in total. The number of aromatic nitrogens is 4. The first kappa shape index (κ1) is 25.8. The number of halogens is 1. The van der Waals surface area contributed by atoms with Crippen molar-refractivity contribution in [2.75, 3.05) is 20.3 Å². The number of ether oxygens (including phenoxy) is 3. The minimum absolute atomic E-state index is 0.373. The summed E-state index contributed by atoms with van der Waals surface area (Å²) in [5, 5.41) is 5.86. The largest absolute Gasteiger partial charge is 0.497 e. The van der Waals surface area contributed by atoms with E-state index >= 15 is 0 Å². The van der Waals surface area contributed by atoms with Crippen molar-refractivity contribution in [3.05, 3.63) is 101 Å². The first-order valence-corrected chi connectivity index (χ1v) is 13.4. The molecule has 1 unspecified atom stereocenters. The predicted molar refractivity (Wildman–Crippen MR) is 151 cm³/mol. The van der Waals surface area contributed by atoms with Gasteiger partial charge in [-0.3, -0.25) is 9.58 Å². The zero-order chi connectivity index (χ0) is 27.5. The van der Waals surface area contributed by atoms with Crippen molar-refractivity contribution in [3.63, 3.8) is 0 Å². The molecule has 0 radical (unpaired) electrons. The zero-order valence-corrected chi connectivity index (χ0v) is 22.7. The summed E-state index contributed by atoms with van der Waals surface area (Å²) in [4.78, 5) is 22.8. The summed E-state index contributed by atoms with van der Waals surface area (Å²) in [6.07, 6.45) is 4.27. The average Bonchev–Trinajstić information content (AvgIpc) is 3.63. The molecule has 9 nitrogen and oxygen atoms in total. The summed E-state index contributed by atoms with van der Waals surface area (Å²) in [6.45, 7) is 1.78. The number of H-pyrrole nitrogens is 1. The smallest absolute Gasteiger partial charge is 0.416 e. The van der Waals surface area contributed by atoms with Crippen LogP contribution in [-0.2, 0) is 13.0 Å². The lowest BCUT2D eigenvalue weighted by Gasteiger charge is -2.35. The highest BCUT2D eigenvalue weighted by molar-refractivity contribution is 6.31. The van der Waals surface area contributed by atoms with Crippen molar-refractivity contribution in [1.29, 1.82) is 0 Å². The molecule has 40 heavy (non-hydrogen) atoms. The molecule has 0 saturated heterocycles. The van der Waals surface area contributed by atoms with Gasteiger partial charge in [-0.15, -0.1) is 0 Å². The molecule has 2 aromatic heterocycles. The van der Waals surface area contributed by atoms with E-state index < -0.39 is 6.09 Å². The average molecular weight is 558 g/mol. The van der Waals surface area contributed by atoms with E-state index in [-0.39, 0.29) is 6.04 Å². The highest BCUT2D eigenvalue weighted by Gasteiger charge is 2.35. The Hall–Kier alpha value is -4.50. The SMILES string of the molecule is COc1ccc(OC(=O)N2CCc3c([nH]c4ccc(Cl)cc34)C2c2ccc(OCCCn3cncn3)cc2)cc1. The van der Waals surface area contributed by atoms with Crippen molar-refractivity contribution in [1.82, 2.24) is 24.6 Å². The van der Waals surface area contributed by atoms with Gasteiger partial charge in [0.2, 0.25) is 0 Å². The number of hydrogen-bond acceptors (Lipinski definition) is 6. The monoisotopic (exact) mass is 557 g/mol. The molecular weight excluding hydrogens is 530 g/mol. The van der Waals surface area contributed by atoms with Crippen LogP contribution in [-0.4, -0.2) is 51.0 Å². The van der Waals surface area contributed by atoms with Crippen molar-refractivity contribution in [3.8, 4) is 17.2 Å². The molecule has 204 valence electrons. The molecule has 3 aromatic carbocycles. The molecule has 5 aromatic rings. The highest BCUT2D eigenvalue weighted by atomic mass is 35.5. The number of nitrogens with zero attached hydrogens (tertiary/aromatic N) is 4. The summed E-state index contributed by atoms with van der Waals surface area (Å²) >= 11 is 6.33. The van der Waals surface area contributed by atoms with Crippen LogP contribution in [0.1, 0.15) is 29.3 Å². The number of nitrogens with one attached hydrogen (secondary N) is 1. The Kier molecular flexibility index (Phi) is 7.29. The van der Waals surface area contributed by atoms with Gasteiger partial charge in [-0.1, -0.05) is 23.7 Å². The maximum atomic E-state index is 13.5. The van der Waals surface area contributed by atoms with Crippen LogP contribution in [0.5, 0.6) is 17.2 Å². The fraction of sp³-hybridized carbons (Fsp3) is 0.233. The quantitative estimate of drug-likeness (QED) is 0.234. The molecule has 6 rings (SSSR count). The lowest BCUT2D eigenvalue weighted by atomic mass is 9.92. The number of carbonyl (C=O) groups excluding carboxylic acids is 1. The second kappa shape index (κ2) is 11.3. The van der Waals surface area contributed by atoms with E-state index in [1.165, 1.54) is 6.33 Å². The maximum Gasteiger partial charge on any atom is 0.416 e. The molecule has 0 spiro atoms. The molecule has 0 aliphatic carbocycles. The fourth-order valence-corrected chi connectivity index (χ4v) is 5.29. The molecule has 3 heterocycles. The van der Waals surface area contributed by atoms with E-state index in [1.54, 1.807) is 47.3 Å². The molecule has 0 fully saturated rings. The maximum absolute atomic E-state index is 13.5. The van der Waals surface area contributed by atoms with Crippen LogP contribution < -0.4 is 14.2 Å². The Morgan fingerprint density at radius 2 is 1.82 bits per heavy atom. The molecule has 0 saturated carbocycles. The van der Waals surface area contributed by atoms with Crippen molar-refractivity contribution in [2.45, 2.75) is 25.4 Å². The summed E-state index contributed by atoms with van der Waals surface area (Å²) in [7, 11) is 1.60. The lowest BCUT2D eigenvalue weighted by Crippen LogP contribution is -2.42. The molecule has 0 bridgehead atoms. The summed E-state index contributed by atoms with van der Waals surface area (Å²) in [5.74, 6) is 1.90. The minimum Gasteiger partial charge on any atom is -0.497 e. The molecule has 1 atom stereocenters. The number of methoxy groups -OCH3 is 1. The van der Waals surface area contributed by atoms with Crippen molar-refractivity contribution < 1.29 is 19.0 Å². The van der Waals surface area contributed by atoms with Crippen LogP contribution in [0.4, 0.5) is 4.79 Å². The molecule has 10 heteroatoms. The van der Waals surface area contributed by atoms with Gasteiger partial charge < -0.3 is 19.2 Å². The van der Waals surface area contributed by atoms with Gasteiger partial charge >= 0.3 is 6.09 Å². The van der Waals surface area contributed by atoms with Crippen molar-refractivity contribution >= 4 is 28.6 Å². The Bertz CT molecular complexity index is 1600. The number of amides is 1. The molecule has 1 aliphatic rings. The van der Waals surface area contributed by atoms with Crippen LogP contribution in [0.2, 0.25) is 5.02 Å². The second-order valence-electron chi connectivity index (χ2n) is 9.53. The van der Waals surface area contributed by atoms with Gasteiger partial charge in [0.1, 0.15) is 35.9 Å². The van der Waals surface area contributed by atoms with Gasteiger partial charge in [0.05, 0.1) is 13.7 Å². The van der Waals surface area contributed by atoms with E-state index in [0.29, 0.717) is 36.1 Å². The van der Waals surface area contributed by atoms with E-state index in [0.717, 1.165) is 46.4 Å². The minimum atomic E-state index is -0.425. The van der Waals surface area contributed by atoms with Crippen LogP contribution in [0, 0.1) is 0 Å². The summed E-state index contributed by atoms with van der Waals surface area (Å²) in [6, 6.07) is 20.3. The van der Waals surface area contributed by atoms with Crippen LogP contribution in [0.15, 0.2) is 79.4 Å². The van der Waals surface area contributed by atoms with Gasteiger partial charge in [-0.05, 0) is 72.1 Å². The zero-order valence-electron chi connectivity index (χ0n) is 21.9. The third kappa shape index (κ3) is 5.33. The van der Waals surface area contributed by atoms with Crippen molar-refractivity contribution in [2.24, 2.45) is 0 Å². The van der Waals surface area contributed by atoms with E-state index in [1.807, 2.05) is 42.5 Å². The number of hydrogen-bond donors (Lipinski definition) is 1. The van der Waals surface area contributed by atoms with E-state index in [9.17, 15) is 4.79 Å². The summed E-state index contributed by atoms with van der Waals surface area (Å²) < 4.78 is 18.7. The predicted octanol–water partition coefficient (Wildman–Crippen LogP) is 6.04. The first-order chi connectivity index (χ1) is 19.6. The summed E-state index contributed by atoms with van der Waals surface area (Å²) in [5.41, 5.74) is 4.04. The standard InChI is InChI=1S/C30H28ClN5O4/c1-38-22-8-10-24(11-9-22)40-30(37)36-15-13-25-26-17-21(31)5-12-27(26)34-28(25)29(36)20-3-6-23(7-4-20)39-16-2-14-35-19-32-18-33-35/h3-12,17-19,29,34H,2,13-16H2,1H3. The van der Waals surface area contributed by atoms with E-state index in [4.69, 9.17) is 25.8 Å². The third-order valence-corrected chi connectivity index (χ3v) is 7.29. The number of aromatic amines is 1. The molecule has 1 amide bonds. The lowest BCUT2D eigenvalue weighted by molar-refractivity contribution is 0.135. The molecular formula is C30H28ClN5O4. The number of fused-ring (bicyclic) bond motifs is 3. The van der Waals surface area contributed by atoms with Gasteiger partial charge in [-0.2, -0.15) is 5.10 Å². The van der Waals surface area contributed by atoms with E-state index in [2.05, 4.69) is 15.1 Å². The third-order valence-electron chi connectivity index (χ3n) is 7.05. The topological polar surface area (TPSA) is 94.5 Å². The normalized spacial score (nSPS) is 14.7. The Morgan fingerprint density at radius 3 is 2.58 bits per heavy atom. The van der Waals surface area contributed by atoms with Crippen LogP contribution >= 0.6 is 11.6 Å². The van der Waals surface area contributed by atoms with Gasteiger partial charge in [0.15, 0.2) is 0 Å². The van der Waals surface area contributed by atoms with Gasteiger partial charge in [-0.25, -0.2) is 9.78 Å². The highest BCUT2D eigenvalue weighted by Crippen LogP contribution is 2.40. The Labute approximate surface area is 236 Å². The van der Waals surface area contributed by atoms with Gasteiger partial charge in [0, 0.05) is 41.1 Å². The second-order valence-corrected chi connectivity index (χ2v) is 9.96. The fourth-order valence-electron chi connectivity index (χ4n) is 5.12. The first-order valence-electron chi connectivity index (χ1n) is 13.1.